The molecule has 2 aliphatic rings. The van der Waals surface area contributed by atoms with Crippen molar-refractivity contribution in [2.75, 3.05) is 20.2 Å². The number of hydrogen-bond acceptors (Lipinski definition) is 4. The Hall–Kier alpha value is -1.14. The van der Waals surface area contributed by atoms with Gasteiger partial charge in [0.05, 0.1) is 18.6 Å². The highest BCUT2D eigenvalue weighted by Gasteiger charge is 2.40. The zero-order valence-electron chi connectivity index (χ0n) is 11.3. The minimum atomic E-state index is -0.785. The summed E-state index contributed by atoms with van der Waals surface area (Å²) in [5.41, 5.74) is -0.221. The van der Waals surface area contributed by atoms with Crippen molar-refractivity contribution >= 4 is 11.9 Å². The van der Waals surface area contributed by atoms with Crippen LogP contribution >= 0.6 is 0 Å². The number of hydrogen-bond donors (Lipinski definition) is 3. The van der Waals surface area contributed by atoms with Crippen LogP contribution in [0.5, 0.6) is 0 Å². The van der Waals surface area contributed by atoms with Crippen LogP contribution in [0.15, 0.2) is 0 Å². The normalized spacial score (nSPS) is 28.7. The topological polar surface area (TPSA) is 87.7 Å². The maximum Gasteiger partial charge on any atom is 0.303 e. The van der Waals surface area contributed by atoms with E-state index in [0.29, 0.717) is 19.5 Å². The Balaban J connectivity index is 1.78. The van der Waals surface area contributed by atoms with Gasteiger partial charge in [-0.25, -0.2) is 0 Å². The molecule has 1 aliphatic heterocycles. The molecule has 0 aromatic carbocycles. The number of methoxy groups -OCH3 is 1. The summed E-state index contributed by atoms with van der Waals surface area (Å²) in [6.07, 6.45) is 3.74. The van der Waals surface area contributed by atoms with Gasteiger partial charge in [-0.2, -0.15) is 0 Å². The van der Waals surface area contributed by atoms with E-state index in [1.165, 1.54) is 0 Å². The van der Waals surface area contributed by atoms with Crippen LogP contribution in [0.3, 0.4) is 0 Å². The minimum Gasteiger partial charge on any atom is -0.481 e. The Labute approximate surface area is 112 Å². The molecule has 2 fully saturated rings. The third-order valence-electron chi connectivity index (χ3n) is 4.32. The molecule has 6 heteroatoms. The first-order valence-electron chi connectivity index (χ1n) is 6.80. The summed E-state index contributed by atoms with van der Waals surface area (Å²) in [5.74, 6) is -0.830. The minimum absolute atomic E-state index is 0.0452. The Kier molecular flexibility index (Phi) is 4.42. The molecule has 1 saturated carbocycles. The van der Waals surface area contributed by atoms with Crippen LogP contribution in [0.2, 0.25) is 0 Å². The van der Waals surface area contributed by atoms with Gasteiger partial charge in [0.15, 0.2) is 0 Å². The van der Waals surface area contributed by atoms with Crippen molar-refractivity contribution in [2.45, 2.75) is 44.2 Å². The maximum atomic E-state index is 12.0. The van der Waals surface area contributed by atoms with E-state index in [1.807, 2.05) is 0 Å². The van der Waals surface area contributed by atoms with Gasteiger partial charge in [-0.15, -0.1) is 0 Å². The summed E-state index contributed by atoms with van der Waals surface area (Å²) >= 11 is 0. The van der Waals surface area contributed by atoms with Gasteiger partial charge < -0.3 is 20.5 Å². The van der Waals surface area contributed by atoms with E-state index in [1.54, 1.807) is 7.11 Å². The zero-order valence-corrected chi connectivity index (χ0v) is 11.3. The van der Waals surface area contributed by atoms with E-state index in [4.69, 9.17) is 9.84 Å². The third-order valence-corrected chi connectivity index (χ3v) is 4.32. The number of aliphatic carboxylic acids is 1. The van der Waals surface area contributed by atoms with Crippen molar-refractivity contribution in [1.82, 2.24) is 10.6 Å². The second-order valence-corrected chi connectivity index (χ2v) is 5.70. The Morgan fingerprint density at radius 1 is 1.47 bits per heavy atom. The molecule has 0 aromatic rings. The van der Waals surface area contributed by atoms with Crippen LogP contribution in [0.1, 0.15) is 32.1 Å². The van der Waals surface area contributed by atoms with Gasteiger partial charge >= 0.3 is 5.97 Å². The van der Waals surface area contributed by atoms with E-state index < -0.39 is 5.97 Å². The Bertz CT molecular complexity index is 355. The van der Waals surface area contributed by atoms with E-state index in [-0.39, 0.29) is 29.9 Å². The summed E-state index contributed by atoms with van der Waals surface area (Å²) in [7, 11) is 1.64. The number of carbonyl (C=O) groups is 2. The Morgan fingerprint density at radius 3 is 2.68 bits per heavy atom. The summed E-state index contributed by atoms with van der Waals surface area (Å²) < 4.78 is 5.20. The van der Waals surface area contributed by atoms with Gasteiger partial charge in [-0.1, -0.05) is 6.42 Å². The highest BCUT2D eigenvalue weighted by atomic mass is 16.5. The molecule has 6 nitrogen and oxygen atoms in total. The smallest absolute Gasteiger partial charge is 0.303 e. The van der Waals surface area contributed by atoms with Gasteiger partial charge in [0.25, 0.3) is 0 Å². The molecule has 0 bridgehead atoms. The van der Waals surface area contributed by atoms with Crippen molar-refractivity contribution in [3.05, 3.63) is 0 Å². The molecule has 1 heterocycles. The quantitative estimate of drug-likeness (QED) is 0.638. The standard InChI is InChI=1S/C13H22N2O4/c1-19-9-5-10(14-7-9)12(18)15-8-13(3-2-4-13)6-11(16)17/h9-10,14H,2-8H2,1H3,(H,15,18)(H,16,17). The van der Waals surface area contributed by atoms with E-state index in [9.17, 15) is 9.59 Å². The lowest BCUT2D eigenvalue weighted by atomic mass is 9.66. The third kappa shape index (κ3) is 3.45. The summed E-state index contributed by atoms with van der Waals surface area (Å²) in [6.45, 7) is 1.16. The first-order valence-corrected chi connectivity index (χ1v) is 6.80. The average Bonchev–Trinajstić information content (AvgIpc) is 2.80. The number of ether oxygens (including phenoxy) is 1. The first-order chi connectivity index (χ1) is 9.04. The first kappa shape index (κ1) is 14.3. The summed E-state index contributed by atoms with van der Waals surface area (Å²) in [6, 6.07) is -0.216. The van der Waals surface area contributed by atoms with E-state index >= 15 is 0 Å². The van der Waals surface area contributed by atoms with Gasteiger partial charge in [0.1, 0.15) is 0 Å². The SMILES string of the molecule is COC1CNC(C(=O)NCC2(CC(=O)O)CCC2)C1. The second-order valence-electron chi connectivity index (χ2n) is 5.70. The number of amides is 1. The molecular weight excluding hydrogens is 248 g/mol. The number of carboxylic acid groups (broad SMARTS) is 1. The van der Waals surface area contributed by atoms with Crippen LogP contribution in [0.4, 0.5) is 0 Å². The van der Waals surface area contributed by atoms with Gasteiger partial charge in [-0.3, -0.25) is 9.59 Å². The molecule has 19 heavy (non-hydrogen) atoms. The molecule has 0 aromatic heterocycles. The van der Waals surface area contributed by atoms with Crippen molar-refractivity contribution < 1.29 is 19.4 Å². The average molecular weight is 270 g/mol. The number of carbonyl (C=O) groups excluding carboxylic acids is 1. The molecule has 1 aliphatic carbocycles. The van der Waals surface area contributed by atoms with Crippen molar-refractivity contribution in [1.29, 1.82) is 0 Å². The van der Waals surface area contributed by atoms with Gasteiger partial charge in [-0.05, 0) is 24.7 Å². The van der Waals surface area contributed by atoms with Crippen molar-refractivity contribution in [3.8, 4) is 0 Å². The zero-order chi connectivity index (χ0) is 13.9. The fourth-order valence-corrected chi connectivity index (χ4v) is 2.89. The molecule has 2 unspecified atom stereocenters. The molecule has 2 atom stereocenters. The Morgan fingerprint density at radius 2 is 2.21 bits per heavy atom. The number of rotatable bonds is 6. The number of carboxylic acids is 1. The second kappa shape index (κ2) is 5.88. The van der Waals surface area contributed by atoms with Crippen LogP contribution in [-0.2, 0) is 14.3 Å². The summed E-state index contributed by atoms with van der Waals surface area (Å²) in [4.78, 5) is 22.9. The van der Waals surface area contributed by atoms with Crippen LogP contribution in [0, 0.1) is 5.41 Å². The molecule has 0 radical (unpaired) electrons. The molecule has 1 amide bonds. The fourth-order valence-electron chi connectivity index (χ4n) is 2.89. The van der Waals surface area contributed by atoms with E-state index in [0.717, 1.165) is 19.3 Å². The highest BCUT2D eigenvalue weighted by Crippen LogP contribution is 2.43. The van der Waals surface area contributed by atoms with Crippen LogP contribution in [0.25, 0.3) is 0 Å². The van der Waals surface area contributed by atoms with Crippen molar-refractivity contribution in [3.63, 3.8) is 0 Å². The van der Waals surface area contributed by atoms with Crippen LogP contribution < -0.4 is 10.6 Å². The lowest BCUT2D eigenvalue weighted by Gasteiger charge is -2.41. The molecule has 108 valence electrons. The maximum absolute atomic E-state index is 12.0. The molecule has 3 N–H and O–H groups in total. The molecular formula is C13H22N2O4. The summed E-state index contributed by atoms with van der Waals surface area (Å²) in [5, 5.41) is 14.9. The lowest BCUT2D eigenvalue weighted by molar-refractivity contribution is -0.142. The molecule has 2 rings (SSSR count). The predicted molar refractivity (Wildman–Crippen MR) is 68.8 cm³/mol. The fraction of sp³-hybridized carbons (Fsp3) is 0.846. The van der Waals surface area contributed by atoms with Gasteiger partial charge in [0, 0.05) is 20.2 Å². The largest absolute Gasteiger partial charge is 0.481 e. The van der Waals surface area contributed by atoms with Crippen LogP contribution in [-0.4, -0.2) is 49.3 Å². The number of nitrogens with one attached hydrogen (secondary N) is 2. The lowest BCUT2D eigenvalue weighted by Crippen LogP contribution is -2.48. The van der Waals surface area contributed by atoms with E-state index in [2.05, 4.69) is 10.6 Å². The predicted octanol–water partition coefficient (Wildman–Crippen LogP) is 0.125. The van der Waals surface area contributed by atoms with Crippen molar-refractivity contribution in [2.24, 2.45) is 5.41 Å². The molecule has 1 saturated heterocycles. The molecule has 0 spiro atoms. The monoisotopic (exact) mass is 270 g/mol. The van der Waals surface area contributed by atoms with Gasteiger partial charge in [0.2, 0.25) is 5.91 Å². The highest BCUT2D eigenvalue weighted by molar-refractivity contribution is 5.82.